The average molecular weight is 416 g/mol. The second-order valence-electron chi connectivity index (χ2n) is 6.11. The maximum absolute atomic E-state index is 13.3. The van der Waals surface area contributed by atoms with Crippen molar-refractivity contribution >= 4 is 27.3 Å². The van der Waals surface area contributed by atoms with Crippen LogP contribution in [-0.4, -0.2) is 20.9 Å². The van der Waals surface area contributed by atoms with E-state index in [0.717, 1.165) is 12.1 Å². The van der Waals surface area contributed by atoms with Gasteiger partial charge in [0.25, 0.3) is 15.9 Å². The van der Waals surface area contributed by atoms with Crippen LogP contribution < -0.4 is 9.62 Å². The number of amides is 1. The van der Waals surface area contributed by atoms with Gasteiger partial charge in [-0.05, 0) is 55.5 Å². The molecule has 1 N–H and O–H groups in total. The van der Waals surface area contributed by atoms with Crippen LogP contribution in [0.3, 0.4) is 0 Å². The zero-order valence-corrected chi connectivity index (χ0v) is 16.3. The smallest absolute Gasteiger partial charge is 0.264 e. The standard InChI is InChI=1S/C21H18F2N2O3S/c1-2-25(29(27,28)18-6-4-3-5-7-18)17-11-8-15(9-12-17)21(26)24-16-10-13-19(22)20(23)14-16/h3-14H,2H2,1H3,(H,24,26). The number of rotatable bonds is 6. The largest absolute Gasteiger partial charge is 0.322 e. The highest BCUT2D eigenvalue weighted by atomic mass is 32.2. The quantitative estimate of drug-likeness (QED) is 0.646. The van der Waals surface area contributed by atoms with E-state index in [1.54, 1.807) is 25.1 Å². The predicted octanol–water partition coefficient (Wildman–Crippen LogP) is 4.43. The summed E-state index contributed by atoms with van der Waals surface area (Å²) in [5.74, 6) is -2.61. The van der Waals surface area contributed by atoms with Crippen molar-refractivity contribution in [1.29, 1.82) is 0 Å². The number of carbonyl (C=O) groups is 1. The van der Waals surface area contributed by atoms with Crippen LogP contribution in [-0.2, 0) is 10.0 Å². The highest BCUT2D eigenvalue weighted by Gasteiger charge is 2.23. The van der Waals surface area contributed by atoms with E-state index in [0.29, 0.717) is 5.69 Å². The fraction of sp³-hybridized carbons (Fsp3) is 0.0952. The first-order valence-electron chi connectivity index (χ1n) is 8.77. The van der Waals surface area contributed by atoms with Crippen molar-refractivity contribution in [3.63, 3.8) is 0 Å². The minimum Gasteiger partial charge on any atom is -0.322 e. The summed E-state index contributed by atoms with van der Waals surface area (Å²) >= 11 is 0. The van der Waals surface area contributed by atoms with E-state index in [4.69, 9.17) is 0 Å². The van der Waals surface area contributed by atoms with Gasteiger partial charge in [0.05, 0.1) is 10.6 Å². The molecule has 0 spiro atoms. The summed E-state index contributed by atoms with van der Waals surface area (Å²) in [5, 5.41) is 2.47. The average Bonchev–Trinajstić information content (AvgIpc) is 2.72. The third kappa shape index (κ3) is 4.43. The first kappa shape index (κ1) is 20.5. The molecule has 3 aromatic carbocycles. The number of anilines is 2. The number of carbonyl (C=O) groups excluding carboxylic acids is 1. The van der Waals surface area contributed by atoms with Crippen LogP contribution in [0.2, 0.25) is 0 Å². The van der Waals surface area contributed by atoms with Gasteiger partial charge in [0, 0.05) is 23.9 Å². The first-order chi connectivity index (χ1) is 13.8. The molecule has 3 aromatic rings. The lowest BCUT2D eigenvalue weighted by molar-refractivity contribution is 0.102. The minimum atomic E-state index is -3.74. The van der Waals surface area contributed by atoms with E-state index in [1.807, 2.05) is 0 Å². The molecule has 29 heavy (non-hydrogen) atoms. The predicted molar refractivity (Wildman–Crippen MR) is 107 cm³/mol. The van der Waals surface area contributed by atoms with Gasteiger partial charge in [-0.15, -0.1) is 0 Å². The zero-order chi connectivity index (χ0) is 21.0. The van der Waals surface area contributed by atoms with Crippen molar-refractivity contribution in [2.24, 2.45) is 0 Å². The highest BCUT2D eigenvalue weighted by Crippen LogP contribution is 2.24. The summed E-state index contributed by atoms with van der Waals surface area (Å²) in [6.45, 7) is 1.92. The lowest BCUT2D eigenvalue weighted by Crippen LogP contribution is -2.30. The number of hydrogen-bond donors (Lipinski definition) is 1. The summed E-state index contributed by atoms with van der Waals surface area (Å²) in [4.78, 5) is 12.5. The molecule has 0 bridgehead atoms. The molecule has 150 valence electrons. The van der Waals surface area contributed by atoms with E-state index in [2.05, 4.69) is 5.32 Å². The zero-order valence-electron chi connectivity index (χ0n) is 15.5. The summed E-state index contributed by atoms with van der Waals surface area (Å²) in [6, 6.07) is 17.1. The van der Waals surface area contributed by atoms with Gasteiger partial charge in [-0.25, -0.2) is 17.2 Å². The number of nitrogens with zero attached hydrogens (tertiary/aromatic N) is 1. The molecule has 0 saturated carbocycles. The molecule has 0 fully saturated rings. The molecule has 0 heterocycles. The van der Waals surface area contributed by atoms with Crippen molar-refractivity contribution < 1.29 is 22.0 Å². The van der Waals surface area contributed by atoms with Gasteiger partial charge in [-0.3, -0.25) is 9.10 Å². The number of hydrogen-bond acceptors (Lipinski definition) is 3. The molecule has 0 unspecified atom stereocenters. The molecule has 3 rings (SSSR count). The maximum atomic E-state index is 13.3. The lowest BCUT2D eigenvalue weighted by Gasteiger charge is -2.23. The number of halogens is 2. The monoisotopic (exact) mass is 416 g/mol. The fourth-order valence-electron chi connectivity index (χ4n) is 2.77. The van der Waals surface area contributed by atoms with Crippen LogP contribution in [0.25, 0.3) is 0 Å². The Morgan fingerprint density at radius 1 is 0.931 bits per heavy atom. The van der Waals surface area contributed by atoms with Crippen LogP contribution in [0, 0.1) is 11.6 Å². The van der Waals surface area contributed by atoms with E-state index < -0.39 is 27.6 Å². The minimum absolute atomic E-state index is 0.111. The normalized spacial score (nSPS) is 11.1. The summed E-state index contributed by atoms with van der Waals surface area (Å²) in [5.41, 5.74) is 0.757. The topological polar surface area (TPSA) is 66.5 Å². The molecule has 1 amide bonds. The van der Waals surface area contributed by atoms with E-state index in [-0.39, 0.29) is 22.7 Å². The molecule has 0 atom stereocenters. The Kier molecular flexibility index (Phi) is 5.93. The molecule has 0 saturated heterocycles. The van der Waals surface area contributed by atoms with Gasteiger partial charge < -0.3 is 5.32 Å². The highest BCUT2D eigenvalue weighted by molar-refractivity contribution is 7.92. The van der Waals surface area contributed by atoms with Crippen molar-refractivity contribution in [3.8, 4) is 0 Å². The maximum Gasteiger partial charge on any atom is 0.264 e. The van der Waals surface area contributed by atoms with Crippen molar-refractivity contribution in [3.05, 3.63) is 90.0 Å². The summed E-state index contributed by atoms with van der Waals surface area (Å²) in [7, 11) is -3.74. The Balaban J connectivity index is 1.81. The molecule has 8 heteroatoms. The van der Waals surface area contributed by atoms with Crippen LogP contribution >= 0.6 is 0 Å². The molecular formula is C21H18F2N2O3S. The third-order valence-corrected chi connectivity index (χ3v) is 6.13. The van der Waals surface area contributed by atoms with Crippen molar-refractivity contribution in [2.75, 3.05) is 16.2 Å². The van der Waals surface area contributed by atoms with Crippen LogP contribution in [0.5, 0.6) is 0 Å². The summed E-state index contributed by atoms with van der Waals surface area (Å²) in [6.07, 6.45) is 0. The molecule has 0 aromatic heterocycles. The SMILES string of the molecule is CCN(c1ccc(C(=O)Nc2ccc(F)c(F)c2)cc1)S(=O)(=O)c1ccccc1. The molecule has 0 aliphatic carbocycles. The Labute approximate surface area is 167 Å². The van der Waals surface area contributed by atoms with E-state index >= 15 is 0 Å². The fourth-order valence-corrected chi connectivity index (χ4v) is 4.26. The first-order valence-corrected chi connectivity index (χ1v) is 10.2. The van der Waals surface area contributed by atoms with Gasteiger partial charge in [0.2, 0.25) is 0 Å². The summed E-state index contributed by atoms with van der Waals surface area (Å²) < 4.78 is 53.2. The van der Waals surface area contributed by atoms with Gasteiger partial charge >= 0.3 is 0 Å². The Morgan fingerprint density at radius 3 is 2.17 bits per heavy atom. The number of sulfonamides is 1. The van der Waals surface area contributed by atoms with Gasteiger partial charge in [-0.2, -0.15) is 0 Å². The molecular weight excluding hydrogens is 398 g/mol. The molecule has 0 radical (unpaired) electrons. The van der Waals surface area contributed by atoms with E-state index in [1.165, 1.54) is 46.8 Å². The molecule has 5 nitrogen and oxygen atoms in total. The van der Waals surface area contributed by atoms with Gasteiger partial charge in [0.1, 0.15) is 0 Å². The molecule has 0 aliphatic rings. The second-order valence-corrected chi connectivity index (χ2v) is 7.98. The Morgan fingerprint density at radius 2 is 1.59 bits per heavy atom. The molecule has 0 aliphatic heterocycles. The van der Waals surface area contributed by atoms with Gasteiger partial charge in [0.15, 0.2) is 11.6 Å². The van der Waals surface area contributed by atoms with Crippen molar-refractivity contribution in [2.45, 2.75) is 11.8 Å². The number of benzene rings is 3. The lowest BCUT2D eigenvalue weighted by atomic mass is 10.2. The Hall–Kier alpha value is -3.26. The van der Waals surface area contributed by atoms with E-state index in [9.17, 15) is 22.0 Å². The Bertz CT molecular complexity index is 1120. The van der Waals surface area contributed by atoms with Crippen molar-refractivity contribution in [1.82, 2.24) is 0 Å². The van der Waals surface area contributed by atoms with Crippen LogP contribution in [0.1, 0.15) is 17.3 Å². The van der Waals surface area contributed by atoms with Crippen LogP contribution in [0.4, 0.5) is 20.2 Å². The second kappa shape index (κ2) is 8.40. The third-order valence-electron chi connectivity index (χ3n) is 4.21. The van der Waals surface area contributed by atoms with Crippen LogP contribution in [0.15, 0.2) is 77.7 Å². The number of nitrogens with one attached hydrogen (secondary N) is 1. The van der Waals surface area contributed by atoms with Gasteiger partial charge in [-0.1, -0.05) is 18.2 Å².